The molecule has 0 atom stereocenters. The molecule has 1 aliphatic heterocycles. The lowest BCUT2D eigenvalue weighted by Crippen LogP contribution is -2.40. The fraction of sp³-hybridized carbons (Fsp3) is 0.522. The van der Waals surface area contributed by atoms with Crippen LogP contribution >= 0.6 is 0 Å². The molecule has 3 heterocycles. The Morgan fingerprint density at radius 1 is 1.10 bits per heavy atom. The number of aromatic nitrogens is 3. The van der Waals surface area contributed by atoms with Crippen molar-refractivity contribution in [2.45, 2.75) is 52.0 Å². The van der Waals surface area contributed by atoms with Crippen LogP contribution in [0.3, 0.4) is 0 Å². The quantitative estimate of drug-likeness (QED) is 0.543. The number of hydrogen-bond acceptors (Lipinski definition) is 4. The van der Waals surface area contributed by atoms with Crippen LogP contribution in [-0.4, -0.2) is 51.6 Å². The van der Waals surface area contributed by atoms with Gasteiger partial charge in [-0.1, -0.05) is 31.5 Å². The number of carbonyl (C=O) groups is 1. The van der Waals surface area contributed by atoms with E-state index in [2.05, 4.69) is 34.7 Å². The van der Waals surface area contributed by atoms with E-state index in [1.54, 1.807) is 0 Å². The van der Waals surface area contributed by atoms with Gasteiger partial charge >= 0.3 is 0 Å². The van der Waals surface area contributed by atoms with Crippen LogP contribution in [0.1, 0.15) is 44.9 Å². The van der Waals surface area contributed by atoms with Crippen LogP contribution in [-0.2, 0) is 22.5 Å². The van der Waals surface area contributed by atoms with E-state index in [9.17, 15) is 4.79 Å². The van der Waals surface area contributed by atoms with Gasteiger partial charge in [0.1, 0.15) is 11.3 Å². The van der Waals surface area contributed by atoms with E-state index >= 15 is 0 Å². The van der Waals surface area contributed by atoms with Gasteiger partial charge in [0.15, 0.2) is 0 Å². The first-order valence-electron chi connectivity index (χ1n) is 10.9. The maximum atomic E-state index is 12.3. The van der Waals surface area contributed by atoms with E-state index in [-0.39, 0.29) is 5.91 Å². The Morgan fingerprint density at radius 3 is 2.76 bits per heavy atom. The molecule has 0 radical (unpaired) electrons. The molecular weight excluding hydrogens is 364 g/mol. The van der Waals surface area contributed by atoms with Gasteiger partial charge in [0.05, 0.1) is 30.4 Å². The maximum Gasteiger partial charge on any atom is 0.222 e. The molecule has 1 saturated heterocycles. The lowest BCUT2D eigenvalue weighted by Gasteiger charge is -2.26. The van der Waals surface area contributed by atoms with E-state index in [1.165, 1.54) is 10.9 Å². The minimum Gasteiger partial charge on any atom is -0.378 e. The Bertz CT molecular complexity index is 976. The number of fused-ring (bicyclic) bond motifs is 3. The van der Waals surface area contributed by atoms with Gasteiger partial charge in [0.25, 0.3) is 0 Å². The van der Waals surface area contributed by atoms with Crippen LogP contribution in [0, 0.1) is 0 Å². The SMILES string of the molecule is CCCc1nc2cnc3ccccc3c2n1CCCCCC(=O)N1CCOCC1. The average Bonchev–Trinajstić information content (AvgIpc) is 3.12. The Balaban J connectivity index is 1.42. The molecule has 6 heteroatoms. The van der Waals surface area contributed by atoms with Gasteiger partial charge in [-0.05, 0) is 25.3 Å². The van der Waals surface area contributed by atoms with Crippen LogP contribution in [0.25, 0.3) is 21.9 Å². The Kier molecular flexibility index (Phi) is 6.39. The Morgan fingerprint density at radius 2 is 1.93 bits per heavy atom. The highest BCUT2D eigenvalue weighted by Crippen LogP contribution is 2.26. The summed E-state index contributed by atoms with van der Waals surface area (Å²) in [5, 5.41) is 1.17. The van der Waals surface area contributed by atoms with Crippen LogP contribution in [0.15, 0.2) is 30.5 Å². The number of para-hydroxylation sites is 1. The zero-order chi connectivity index (χ0) is 20.1. The van der Waals surface area contributed by atoms with Gasteiger partial charge in [0, 0.05) is 37.9 Å². The molecule has 0 aliphatic carbocycles. The van der Waals surface area contributed by atoms with Gasteiger partial charge in [0.2, 0.25) is 5.91 Å². The van der Waals surface area contributed by atoms with Crippen molar-refractivity contribution in [2.75, 3.05) is 26.3 Å². The molecule has 0 N–H and O–H groups in total. The summed E-state index contributed by atoms with van der Waals surface area (Å²) in [5.74, 6) is 1.41. The summed E-state index contributed by atoms with van der Waals surface area (Å²) in [6.07, 6.45) is 7.61. The van der Waals surface area contributed by atoms with Crippen LogP contribution < -0.4 is 0 Å². The fourth-order valence-electron chi connectivity index (χ4n) is 4.16. The van der Waals surface area contributed by atoms with E-state index < -0.39 is 0 Å². The molecular formula is C23H30N4O2. The van der Waals surface area contributed by atoms with Crippen molar-refractivity contribution in [2.24, 2.45) is 0 Å². The lowest BCUT2D eigenvalue weighted by molar-refractivity contribution is -0.135. The summed E-state index contributed by atoms with van der Waals surface area (Å²) in [5.41, 5.74) is 3.19. The van der Waals surface area contributed by atoms with Crippen molar-refractivity contribution < 1.29 is 9.53 Å². The van der Waals surface area contributed by atoms with Gasteiger partial charge in [-0.2, -0.15) is 0 Å². The second kappa shape index (κ2) is 9.35. The first kappa shape index (κ1) is 19.8. The molecule has 4 rings (SSSR count). The first-order valence-corrected chi connectivity index (χ1v) is 10.9. The van der Waals surface area contributed by atoms with Crippen molar-refractivity contribution in [1.82, 2.24) is 19.4 Å². The largest absolute Gasteiger partial charge is 0.378 e. The summed E-state index contributed by atoms with van der Waals surface area (Å²) in [7, 11) is 0. The molecule has 29 heavy (non-hydrogen) atoms. The lowest BCUT2D eigenvalue weighted by atomic mass is 10.1. The minimum absolute atomic E-state index is 0.269. The van der Waals surface area contributed by atoms with Gasteiger partial charge in [-0.25, -0.2) is 4.98 Å². The molecule has 2 aromatic heterocycles. The van der Waals surface area contributed by atoms with Crippen molar-refractivity contribution in [3.05, 3.63) is 36.3 Å². The summed E-state index contributed by atoms with van der Waals surface area (Å²) in [6, 6.07) is 8.29. The molecule has 0 saturated carbocycles. The zero-order valence-electron chi connectivity index (χ0n) is 17.3. The second-order valence-electron chi connectivity index (χ2n) is 7.74. The number of aryl methyl sites for hydroxylation is 2. The molecule has 0 spiro atoms. The number of rotatable bonds is 8. The Labute approximate surface area is 171 Å². The topological polar surface area (TPSA) is 60.2 Å². The van der Waals surface area contributed by atoms with Crippen molar-refractivity contribution in [1.29, 1.82) is 0 Å². The summed E-state index contributed by atoms with van der Waals surface area (Å²) in [4.78, 5) is 23.7. The molecule has 3 aromatic rings. The van der Waals surface area contributed by atoms with Crippen molar-refractivity contribution in [3.63, 3.8) is 0 Å². The van der Waals surface area contributed by atoms with Crippen LogP contribution in [0.4, 0.5) is 0 Å². The molecule has 1 fully saturated rings. The molecule has 0 unspecified atom stereocenters. The molecule has 1 aliphatic rings. The predicted molar refractivity (Wildman–Crippen MR) is 115 cm³/mol. The van der Waals surface area contributed by atoms with E-state index in [4.69, 9.17) is 9.72 Å². The van der Waals surface area contributed by atoms with E-state index in [0.717, 1.165) is 68.6 Å². The van der Waals surface area contributed by atoms with Crippen LogP contribution in [0.2, 0.25) is 0 Å². The molecule has 154 valence electrons. The average molecular weight is 395 g/mol. The number of pyridine rings is 1. The third-order valence-corrected chi connectivity index (χ3v) is 5.67. The van der Waals surface area contributed by atoms with Gasteiger partial charge < -0.3 is 14.2 Å². The highest BCUT2D eigenvalue weighted by atomic mass is 16.5. The van der Waals surface area contributed by atoms with E-state index in [0.29, 0.717) is 19.6 Å². The zero-order valence-corrected chi connectivity index (χ0v) is 17.3. The number of amides is 1. The smallest absolute Gasteiger partial charge is 0.222 e. The summed E-state index contributed by atoms with van der Waals surface area (Å²) >= 11 is 0. The normalized spacial score (nSPS) is 14.7. The predicted octanol–water partition coefficient (Wildman–Crippen LogP) is 3.96. The number of imidazole rings is 1. The molecule has 1 amide bonds. The standard InChI is InChI=1S/C23H30N4O2/c1-2-8-21-25-20-17-24-19-10-6-5-9-18(19)23(20)27(21)12-7-3-4-11-22(28)26-13-15-29-16-14-26/h5-6,9-10,17H,2-4,7-8,11-16H2,1H3. The number of morpholine rings is 1. The monoisotopic (exact) mass is 394 g/mol. The third-order valence-electron chi connectivity index (χ3n) is 5.67. The van der Waals surface area contributed by atoms with Gasteiger partial charge in [-0.3, -0.25) is 9.78 Å². The third kappa shape index (κ3) is 4.42. The number of ether oxygens (including phenoxy) is 1. The summed E-state index contributed by atoms with van der Waals surface area (Å²) in [6.45, 7) is 5.94. The number of unbranched alkanes of at least 4 members (excludes halogenated alkanes) is 2. The highest BCUT2D eigenvalue weighted by molar-refractivity contribution is 6.02. The number of nitrogens with zero attached hydrogens (tertiary/aromatic N) is 4. The van der Waals surface area contributed by atoms with Crippen molar-refractivity contribution in [3.8, 4) is 0 Å². The molecule has 1 aromatic carbocycles. The minimum atomic E-state index is 0.269. The van der Waals surface area contributed by atoms with Gasteiger partial charge in [-0.15, -0.1) is 0 Å². The number of carbonyl (C=O) groups excluding carboxylic acids is 1. The molecule has 0 bridgehead atoms. The molecule has 6 nitrogen and oxygen atoms in total. The van der Waals surface area contributed by atoms with Crippen LogP contribution in [0.5, 0.6) is 0 Å². The number of benzene rings is 1. The fourth-order valence-corrected chi connectivity index (χ4v) is 4.16. The second-order valence-corrected chi connectivity index (χ2v) is 7.74. The Hall–Kier alpha value is -2.47. The van der Waals surface area contributed by atoms with Crippen molar-refractivity contribution >= 4 is 27.8 Å². The highest BCUT2D eigenvalue weighted by Gasteiger charge is 2.16. The van der Waals surface area contributed by atoms with E-state index in [1.807, 2.05) is 17.2 Å². The summed E-state index contributed by atoms with van der Waals surface area (Å²) < 4.78 is 7.71. The number of hydrogen-bond donors (Lipinski definition) is 0. The first-order chi connectivity index (χ1) is 14.3. The maximum absolute atomic E-state index is 12.3.